The topological polar surface area (TPSA) is 63.6 Å². The van der Waals surface area contributed by atoms with Crippen LogP contribution in [0.2, 0.25) is 0 Å². The molecule has 70 valence electrons. The number of rotatable bonds is 1. The Balaban J connectivity index is 3.21. The maximum atomic E-state index is 10.7. The third kappa shape index (κ3) is 1.80. The first-order valence-electron chi connectivity index (χ1n) is 2.86. The van der Waals surface area contributed by atoms with Crippen molar-refractivity contribution in [3.63, 3.8) is 0 Å². The lowest BCUT2D eigenvalue weighted by Crippen LogP contribution is -2.01. The second-order valence-corrected chi connectivity index (χ2v) is 3.10. The van der Waals surface area contributed by atoms with Crippen molar-refractivity contribution in [2.24, 2.45) is 0 Å². The summed E-state index contributed by atoms with van der Waals surface area (Å²) in [6.07, 6.45) is 0. The smallest absolute Gasteiger partial charge is 0.356 e. The van der Waals surface area contributed by atoms with Crippen molar-refractivity contribution in [3.8, 4) is 0 Å². The monoisotopic (exact) mass is 242 g/mol. The molecule has 0 radical (unpaired) electrons. The SMILES string of the molecule is O=C1O/C(=C(/Cl)C(=O)O)C(Cl)=C1Cl. The van der Waals surface area contributed by atoms with Crippen molar-refractivity contribution in [1.29, 1.82) is 0 Å². The molecule has 1 aliphatic heterocycles. The highest BCUT2D eigenvalue weighted by Crippen LogP contribution is 2.34. The van der Waals surface area contributed by atoms with E-state index in [-0.39, 0.29) is 10.1 Å². The van der Waals surface area contributed by atoms with Crippen LogP contribution < -0.4 is 0 Å². The van der Waals surface area contributed by atoms with E-state index < -0.39 is 22.7 Å². The third-order valence-electron chi connectivity index (χ3n) is 1.15. The summed E-state index contributed by atoms with van der Waals surface area (Å²) in [5.74, 6) is -2.79. The number of halogens is 3. The molecule has 1 aliphatic rings. The van der Waals surface area contributed by atoms with Gasteiger partial charge in [0.2, 0.25) is 0 Å². The van der Waals surface area contributed by atoms with E-state index >= 15 is 0 Å². The van der Waals surface area contributed by atoms with Crippen LogP contribution in [0.15, 0.2) is 20.9 Å². The Kier molecular flexibility index (Phi) is 2.85. The van der Waals surface area contributed by atoms with Gasteiger partial charge in [0.05, 0.1) is 0 Å². The molecule has 1 N–H and O–H groups in total. The molecule has 1 rings (SSSR count). The number of allylic oxidation sites excluding steroid dienone is 1. The van der Waals surface area contributed by atoms with E-state index in [2.05, 4.69) is 4.74 Å². The van der Waals surface area contributed by atoms with Crippen molar-refractivity contribution < 1.29 is 19.4 Å². The van der Waals surface area contributed by atoms with Crippen molar-refractivity contribution in [3.05, 3.63) is 20.9 Å². The Hall–Kier alpha value is -0.710. The molecule has 0 aliphatic carbocycles. The number of hydrogen-bond acceptors (Lipinski definition) is 3. The summed E-state index contributed by atoms with van der Waals surface area (Å²) in [7, 11) is 0. The average molecular weight is 243 g/mol. The number of aliphatic carboxylic acids is 1. The summed E-state index contributed by atoms with van der Waals surface area (Å²) in [5.41, 5.74) is 0. The van der Waals surface area contributed by atoms with Gasteiger partial charge in [-0.15, -0.1) is 0 Å². The standard InChI is InChI=1S/C6HCl3O4/c7-1-2(8)6(12)13-4(1)3(9)5(10)11/h(H,10,11)/b4-3+. The molecule has 0 saturated heterocycles. The second-order valence-electron chi connectivity index (χ2n) is 1.97. The van der Waals surface area contributed by atoms with Crippen LogP contribution in [0.5, 0.6) is 0 Å². The minimum atomic E-state index is -1.45. The minimum Gasteiger partial charge on any atom is -0.477 e. The normalized spacial score (nSPS) is 20.4. The number of carbonyl (C=O) groups excluding carboxylic acids is 1. The van der Waals surface area contributed by atoms with Crippen molar-refractivity contribution in [2.45, 2.75) is 0 Å². The number of ether oxygens (including phenoxy) is 1. The zero-order valence-corrected chi connectivity index (χ0v) is 8.07. The van der Waals surface area contributed by atoms with Crippen LogP contribution in [0.4, 0.5) is 0 Å². The summed E-state index contributed by atoms with van der Waals surface area (Å²) in [5, 5.41) is 7.07. The molecule has 0 aromatic heterocycles. The molecule has 0 fully saturated rings. The fraction of sp³-hybridized carbons (Fsp3) is 0. The molecule has 0 saturated carbocycles. The molecule has 4 nitrogen and oxygen atoms in total. The van der Waals surface area contributed by atoms with E-state index in [4.69, 9.17) is 39.9 Å². The van der Waals surface area contributed by atoms with Crippen LogP contribution in [0.1, 0.15) is 0 Å². The number of esters is 1. The van der Waals surface area contributed by atoms with Crippen LogP contribution in [-0.2, 0) is 14.3 Å². The molecule has 7 heteroatoms. The Morgan fingerprint density at radius 3 is 2.15 bits per heavy atom. The fourth-order valence-corrected chi connectivity index (χ4v) is 1.13. The molecule has 0 spiro atoms. The Morgan fingerprint density at radius 1 is 1.31 bits per heavy atom. The number of cyclic esters (lactones) is 1. The van der Waals surface area contributed by atoms with Crippen LogP contribution >= 0.6 is 34.8 Å². The Bertz CT molecular complexity index is 355. The lowest BCUT2D eigenvalue weighted by atomic mass is 10.4. The largest absolute Gasteiger partial charge is 0.477 e. The first-order chi connectivity index (χ1) is 5.95. The first kappa shape index (κ1) is 10.4. The van der Waals surface area contributed by atoms with Gasteiger partial charge in [0, 0.05) is 0 Å². The highest BCUT2D eigenvalue weighted by molar-refractivity contribution is 6.51. The van der Waals surface area contributed by atoms with Gasteiger partial charge in [-0.1, -0.05) is 34.8 Å². The molecule has 0 unspecified atom stereocenters. The van der Waals surface area contributed by atoms with E-state index in [1.165, 1.54) is 0 Å². The molecule has 0 bridgehead atoms. The summed E-state index contributed by atoms with van der Waals surface area (Å²) in [6.45, 7) is 0. The van der Waals surface area contributed by atoms with Crippen LogP contribution in [-0.4, -0.2) is 17.0 Å². The molecule has 0 atom stereocenters. The van der Waals surface area contributed by atoms with E-state index in [0.717, 1.165) is 0 Å². The predicted octanol–water partition coefficient (Wildman–Crippen LogP) is 1.77. The summed E-state index contributed by atoms with van der Waals surface area (Å²) in [4.78, 5) is 21.1. The van der Waals surface area contributed by atoms with E-state index in [1.807, 2.05) is 0 Å². The zero-order chi connectivity index (χ0) is 10.2. The van der Waals surface area contributed by atoms with Gasteiger partial charge in [0.15, 0.2) is 10.8 Å². The van der Waals surface area contributed by atoms with Gasteiger partial charge >= 0.3 is 11.9 Å². The first-order valence-corrected chi connectivity index (χ1v) is 3.99. The van der Waals surface area contributed by atoms with Crippen LogP contribution in [0.25, 0.3) is 0 Å². The van der Waals surface area contributed by atoms with E-state index in [1.54, 1.807) is 0 Å². The molecule has 0 amide bonds. The highest BCUT2D eigenvalue weighted by atomic mass is 35.5. The molecule has 1 heterocycles. The average Bonchev–Trinajstić information content (AvgIpc) is 2.31. The van der Waals surface area contributed by atoms with Crippen LogP contribution in [0.3, 0.4) is 0 Å². The number of carbonyl (C=O) groups is 2. The van der Waals surface area contributed by atoms with E-state index in [0.29, 0.717) is 0 Å². The number of hydrogen-bond donors (Lipinski definition) is 1. The predicted molar refractivity (Wildman–Crippen MR) is 45.3 cm³/mol. The molecule has 0 aromatic rings. The summed E-state index contributed by atoms with van der Waals surface area (Å²) >= 11 is 16.1. The maximum absolute atomic E-state index is 10.7. The number of carboxylic acids is 1. The third-order valence-corrected chi connectivity index (χ3v) is 2.29. The zero-order valence-electron chi connectivity index (χ0n) is 5.81. The molecular weight excluding hydrogens is 242 g/mol. The van der Waals surface area contributed by atoms with Crippen molar-refractivity contribution in [2.75, 3.05) is 0 Å². The van der Waals surface area contributed by atoms with Gasteiger partial charge in [0.1, 0.15) is 10.1 Å². The van der Waals surface area contributed by atoms with Gasteiger partial charge in [0.25, 0.3) is 0 Å². The Morgan fingerprint density at radius 2 is 1.85 bits per heavy atom. The van der Waals surface area contributed by atoms with Crippen molar-refractivity contribution in [1.82, 2.24) is 0 Å². The van der Waals surface area contributed by atoms with Crippen LogP contribution in [0, 0.1) is 0 Å². The van der Waals surface area contributed by atoms with E-state index in [9.17, 15) is 9.59 Å². The van der Waals surface area contributed by atoms with Gasteiger partial charge in [-0.2, -0.15) is 0 Å². The molecule has 13 heavy (non-hydrogen) atoms. The minimum absolute atomic E-state index is 0.293. The fourth-order valence-electron chi connectivity index (χ4n) is 0.610. The molecular formula is C6HCl3O4. The van der Waals surface area contributed by atoms with Gasteiger partial charge < -0.3 is 9.84 Å². The van der Waals surface area contributed by atoms with Gasteiger partial charge in [-0.3, -0.25) is 0 Å². The van der Waals surface area contributed by atoms with Crippen molar-refractivity contribution >= 4 is 46.7 Å². The van der Waals surface area contributed by atoms with Gasteiger partial charge in [-0.25, -0.2) is 9.59 Å². The van der Waals surface area contributed by atoms with Gasteiger partial charge in [-0.05, 0) is 0 Å². The summed E-state index contributed by atoms with van der Waals surface area (Å²) in [6, 6.07) is 0. The summed E-state index contributed by atoms with van der Waals surface area (Å²) < 4.78 is 4.40. The lowest BCUT2D eigenvalue weighted by molar-refractivity contribution is -0.133. The lowest BCUT2D eigenvalue weighted by Gasteiger charge is -1.97. The Labute approximate surface area is 87.3 Å². The quantitative estimate of drug-likeness (QED) is 0.563. The highest BCUT2D eigenvalue weighted by Gasteiger charge is 2.31. The maximum Gasteiger partial charge on any atom is 0.356 e. The number of carboxylic acid groups (broad SMARTS) is 1. The second kappa shape index (κ2) is 3.57. The molecule has 0 aromatic carbocycles.